The van der Waals surface area contributed by atoms with Gasteiger partial charge in [-0.2, -0.15) is 0 Å². The summed E-state index contributed by atoms with van der Waals surface area (Å²) >= 11 is 0. The minimum Gasteiger partial charge on any atom is -0.481 e. The number of ether oxygens (including phenoxy) is 1. The van der Waals surface area contributed by atoms with E-state index >= 15 is 0 Å². The van der Waals surface area contributed by atoms with Gasteiger partial charge in [0.2, 0.25) is 0 Å². The largest absolute Gasteiger partial charge is 0.481 e. The van der Waals surface area contributed by atoms with E-state index in [1.165, 1.54) is 0 Å². The van der Waals surface area contributed by atoms with E-state index < -0.39 is 23.5 Å². The van der Waals surface area contributed by atoms with E-state index in [9.17, 15) is 9.59 Å². The summed E-state index contributed by atoms with van der Waals surface area (Å²) in [6.45, 7) is 8.83. The molecule has 0 aromatic carbocycles. The topological polar surface area (TPSA) is 63.6 Å². The van der Waals surface area contributed by atoms with Gasteiger partial charge in [0.1, 0.15) is 5.60 Å². The van der Waals surface area contributed by atoms with E-state index in [1.54, 1.807) is 20.8 Å². The molecule has 1 N–H and O–H groups in total. The van der Waals surface area contributed by atoms with E-state index in [2.05, 4.69) is 6.92 Å². The molecular weight excluding hydrogens is 184 g/mol. The van der Waals surface area contributed by atoms with Crippen LogP contribution >= 0.6 is 0 Å². The standard InChI is InChI=1S/C10H17O4/c1-7(5-6-8(11)12)9(13)14-10(2,3)4/h7H,1,5-6H2,2-4H3,(H,11,12). The van der Waals surface area contributed by atoms with Crippen LogP contribution in [0.5, 0.6) is 0 Å². The number of carboxylic acids is 1. The van der Waals surface area contributed by atoms with Gasteiger partial charge < -0.3 is 9.84 Å². The summed E-state index contributed by atoms with van der Waals surface area (Å²) in [5.74, 6) is -1.98. The number of rotatable bonds is 4. The SMILES string of the molecule is [CH2]C(CCC(=O)O)C(=O)OC(C)(C)C. The van der Waals surface area contributed by atoms with Crippen molar-refractivity contribution in [2.45, 2.75) is 39.2 Å². The van der Waals surface area contributed by atoms with Crippen LogP contribution in [0, 0.1) is 12.8 Å². The molecule has 4 nitrogen and oxygen atoms in total. The third-order valence-corrected chi connectivity index (χ3v) is 1.45. The zero-order valence-electron chi connectivity index (χ0n) is 8.87. The first-order valence-electron chi connectivity index (χ1n) is 4.50. The van der Waals surface area contributed by atoms with E-state index in [0.29, 0.717) is 0 Å². The van der Waals surface area contributed by atoms with Crippen molar-refractivity contribution in [3.8, 4) is 0 Å². The van der Waals surface area contributed by atoms with E-state index in [1.807, 2.05) is 0 Å². The van der Waals surface area contributed by atoms with Crippen LogP contribution in [0.25, 0.3) is 0 Å². The van der Waals surface area contributed by atoms with Crippen LogP contribution in [0.1, 0.15) is 33.6 Å². The van der Waals surface area contributed by atoms with Crippen molar-refractivity contribution in [2.24, 2.45) is 5.92 Å². The monoisotopic (exact) mass is 201 g/mol. The molecule has 0 amide bonds. The van der Waals surface area contributed by atoms with Crippen LogP contribution in [-0.4, -0.2) is 22.6 Å². The quantitative estimate of drug-likeness (QED) is 0.702. The van der Waals surface area contributed by atoms with Crippen LogP contribution < -0.4 is 0 Å². The third-order valence-electron chi connectivity index (χ3n) is 1.45. The predicted octanol–water partition coefficient (Wildman–Crippen LogP) is 1.64. The van der Waals surface area contributed by atoms with Crippen molar-refractivity contribution < 1.29 is 19.4 Å². The number of carbonyl (C=O) groups is 2. The molecule has 0 aliphatic heterocycles. The minimum absolute atomic E-state index is 0.0621. The van der Waals surface area contributed by atoms with Gasteiger partial charge in [0.15, 0.2) is 0 Å². The Bertz CT molecular complexity index is 215. The molecule has 0 saturated heterocycles. The number of aliphatic carboxylic acids is 1. The molecule has 1 unspecified atom stereocenters. The minimum atomic E-state index is -0.929. The Labute approximate surface area is 84.3 Å². The van der Waals surface area contributed by atoms with Crippen molar-refractivity contribution >= 4 is 11.9 Å². The maximum atomic E-state index is 11.3. The first kappa shape index (κ1) is 12.9. The van der Waals surface area contributed by atoms with Crippen LogP contribution in [0.4, 0.5) is 0 Å². The molecule has 0 aromatic heterocycles. The molecule has 0 aliphatic rings. The normalized spacial score (nSPS) is 13.4. The molecule has 0 fully saturated rings. The lowest BCUT2D eigenvalue weighted by molar-refractivity contribution is -0.158. The number of esters is 1. The molecular formula is C10H17O4. The first-order chi connectivity index (χ1) is 6.22. The molecule has 14 heavy (non-hydrogen) atoms. The molecule has 0 heterocycles. The zero-order valence-corrected chi connectivity index (χ0v) is 8.87. The second kappa shape index (κ2) is 4.98. The Morgan fingerprint density at radius 1 is 1.43 bits per heavy atom. The highest BCUT2D eigenvalue weighted by atomic mass is 16.6. The van der Waals surface area contributed by atoms with Crippen LogP contribution in [-0.2, 0) is 14.3 Å². The Balaban J connectivity index is 3.94. The highest BCUT2D eigenvalue weighted by Gasteiger charge is 2.21. The maximum absolute atomic E-state index is 11.3. The van der Waals surface area contributed by atoms with Gasteiger partial charge in [0.05, 0.1) is 5.92 Å². The summed E-state index contributed by atoms with van der Waals surface area (Å²) < 4.78 is 5.04. The van der Waals surface area contributed by atoms with Gasteiger partial charge in [-0.3, -0.25) is 9.59 Å². The molecule has 4 heteroatoms. The second-order valence-corrected chi connectivity index (χ2v) is 4.16. The first-order valence-corrected chi connectivity index (χ1v) is 4.50. The third kappa shape index (κ3) is 6.46. The maximum Gasteiger partial charge on any atom is 0.309 e. The molecule has 0 spiro atoms. The fourth-order valence-corrected chi connectivity index (χ4v) is 0.801. The lowest BCUT2D eigenvalue weighted by Crippen LogP contribution is -2.28. The van der Waals surface area contributed by atoms with Crippen molar-refractivity contribution in [3.63, 3.8) is 0 Å². The highest BCUT2D eigenvalue weighted by Crippen LogP contribution is 2.14. The van der Waals surface area contributed by atoms with E-state index in [-0.39, 0.29) is 12.8 Å². The lowest BCUT2D eigenvalue weighted by atomic mass is 10.1. The van der Waals surface area contributed by atoms with Crippen LogP contribution in [0.15, 0.2) is 0 Å². The van der Waals surface area contributed by atoms with Gasteiger partial charge in [0, 0.05) is 6.42 Å². The molecule has 0 aliphatic carbocycles. The summed E-state index contributed by atoms with van der Waals surface area (Å²) in [6.07, 6.45) is 0.150. The Morgan fingerprint density at radius 2 is 1.93 bits per heavy atom. The van der Waals surface area contributed by atoms with Gasteiger partial charge in [-0.1, -0.05) is 0 Å². The van der Waals surface area contributed by atoms with E-state index in [4.69, 9.17) is 9.84 Å². The molecule has 0 aromatic rings. The van der Waals surface area contributed by atoms with Crippen LogP contribution in [0.2, 0.25) is 0 Å². The van der Waals surface area contributed by atoms with Gasteiger partial charge in [-0.25, -0.2) is 0 Å². The Kier molecular flexibility index (Phi) is 4.60. The van der Waals surface area contributed by atoms with Crippen LogP contribution in [0.3, 0.4) is 0 Å². The van der Waals surface area contributed by atoms with Crippen molar-refractivity contribution in [1.29, 1.82) is 0 Å². The molecule has 0 saturated carbocycles. The fourth-order valence-electron chi connectivity index (χ4n) is 0.801. The molecule has 81 valence electrons. The summed E-state index contributed by atoms with van der Waals surface area (Å²) in [5, 5.41) is 8.40. The number of hydrogen-bond acceptors (Lipinski definition) is 3. The van der Waals surface area contributed by atoms with Gasteiger partial charge in [-0.15, -0.1) is 0 Å². The smallest absolute Gasteiger partial charge is 0.309 e. The van der Waals surface area contributed by atoms with Gasteiger partial charge in [-0.05, 0) is 34.1 Å². The van der Waals surface area contributed by atoms with Gasteiger partial charge >= 0.3 is 11.9 Å². The number of carboxylic acid groups (broad SMARTS) is 1. The second-order valence-electron chi connectivity index (χ2n) is 4.16. The average Bonchev–Trinajstić information content (AvgIpc) is 1.96. The zero-order chi connectivity index (χ0) is 11.4. The van der Waals surface area contributed by atoms with E-state index in [0.717, 1.165) is 0 Å². The molecule has 1 atom stereocenters. The fraction of sp³-hybridized carbons (Fsp3) is 0.700. The van der Waals surface area contributed by atoms with Gasteiger partial charge in [0.25, 0.3) is 0 Å². The summed E-state index contributed by atoms with van der Waals surface area (Å²) in [5.41, 5.74) is -0.545. The van der Waals surface area contributed by atoms with Crippen molar-refractivity contribution in [3.05, 3.63) is 6.92 Å². The lowest BCUT2D eigenvalue weighted by Gasteiger charge is -2.21. The number of carbonyl (C=O) groups excluding carboxylic acids is 1. The summed E-state index contributed by atoms with van der Waals surface area (Å²) in [7, 11) is 0. The number of hydrogen-bond donors (Lipinski definition) is 1. The summed E-state index contributed by atoms with van der Waals surface area (Å²) in [4.78, 5) is 21.5. The predicted molar refractivity (Wildman–Crippen MR) is 51.6 cm³/mol. The highest BCUT2D eigenvalue weighted by molar-refractivity contribution is 5.74. The average molecular weight is 201 g/mol. The van der Waals surface area contributed by atoms with Crippen molar-refractivity contribution in [1.82, 2.24) is 0 Å². The van der Waals surface area contributed by atoms with Crippen molar-refractivity contribution in [2.75, 3.05) is 0 Å². The summed E-state index contributed by atoms with van der Waals surface area (Å²) in [6, 6.07) is 0. The Morgan fingerprint density at radius 3 is 2.29 bits per heavy atom. The molecule has 0 bridgehead atoms. The Hall–Kier alpha value is -1.06. The molecule has 1 radical (unpaired) electrons. The molecule has 0 rings (SSSR count).